The number of nitrogen functional groups attached to an aromatic ring is 1. The van der Waals surface area contributed by atoms with Gasteiger partial charge < -0.3 is 10.3 Å². The summed E-state index contributed by atoms with van der Waals surface area (Å²) < 4.78 is 24.0. The van der Waals surface area contributed by atoms with Crippen LogP contribution >= 0.6 is 0 Å². The Morgan fingerprint density at radius 3 is 2.56 bits per heavy atom. The van der Waals surface area contributed by atoms with Crippen molar-refractivity contribution in [1.29, 1.82) is 5.26 Å². The van der Waals surface area contributed by atoms with E-state index in [2.05, 4.69) is 11.1 Å². The molecule has 0 radical (unpaired) electrons. The van der Waals surface area contributed by atoms with Crippen LogP contribution in [0.1, 0.15) is 37.7 Å². The van der Waals surface area contributed by atoms with Gasteiger partial charge in [0.2, 0.25) is 10.0 Å². The Labute approximate surface area is 148 Å². The van der Waals surface area contributed by atoms with Crippen molar-refractivity contribution >= 4 is 15.7 Å². The molecule has 0 aliphatic heterocycles. The fourth-order valence-electron chi connectivity index (χ4n) is 2.82. The molecule has 0 saturated carbocycles. The number of sulfonamides is 1. The average molecular weight is 361 g/mol. The highest BCUT2D eigenvalue weighted by molar-refractivity contribution is 7.89. The summed E-state index contributed by atoms with van der Waals surface area (Å²) in [6.07, 6.45) is 2.70. The number of primary sulfonamides is 1. The number of para-hydroxylation sites is 1. The smallest absolute Gasteiger partial charge is 0.209 e. The summed E-state index contributed by atoms with van der Waals surface area (Å²) >= 11 is 0. The van der Waals surface area contributed by atoms with Crippen molar-refractivity contribution in [2.24, 2.45) is 5.14 Å². The Bertz CT molecular complexity index is 881. The average Bonchev–Trinajstić information content (AvgIpc) is 2.91. The van der Waals surface area contributed by atoms with E-state index in [9.17, 15) is 13.7 Å². The van der Waals surface area contributed by atoms with Crippen LogP contribution in [0.3, 0.4) is 0 Å². The number of rotatable bonds is 8. The minimum Gasteiger partial charge on any atom is -0.398 e. The molecule has 0 aliphatic carbocycles. The summed E-state index contributed by atoms with van der Waals surface area (Å²) in [4.78, 5) is 4.43. The lowest BCUT2D eigenvalue weighted by Gasteiger charge is -2.13. The van der Waals surface area contributed by atoms with Crippen LogP contribution in [-0.4, -0.2) is 23.7 Å². The fraction of sp³-hybridized carbons (Fsp3) is 0.412. The maximum atomic E-state index is 11.0. The second-order valence-electron chi connectivity index (χ2n) is 5.86. The Morgan fingerprint density at radius 2 is 1.96 bits per heavy atom. The Kier molecular flexibility index (Phi) is 6.17. The van der Waals surface area contributed by atoms with Gasteiger partial charge in [0, 0.05) is 24.2 Å². The predicted molar refractivity (Wildman–Crippen MR) is 98.0 cm³/mol. The summed E-state index contributed by atoms with van der Waals surface area (Å²) in [7, 11) is -3.42. The molecule has 1 aromatic heterocycles. The van der Waals surface area contributed by atoms with E-state index in [1.807, 2.05) is 29.7 Å². The number of hydrogen-bond acceptors (Lipinski definition) is 5. The quantitative estimate of drug-likeness (QED) is 0.549. The molecule has 7 nitrogen and oxygen atoms in total. The third-order valence-corrected chi connectivity index (χ3v) is 4.85. The Hall–Kier alpha value is -2.37. The first-order chi connectivity index (χ1) is 11.9. The van der Waals surface area contributed by atoms with Gasteiger partial charge in [-0.15, -0.1) is 0 Å². The third kappa shape index (κ3) is 4.81. The molecule has 134 valence electrons. The van der Waals surface area contributed by atoms with Crippen LogP contribution in [0.25, 0.3) is 11.3 Å². The third-order valence-electron chi connectivity index (χ3n) is 4.00. The molecule has 1 heterocycles. The van der Waals surface area contributed by atoms with Gasteiger partial charge in [0.15, 0.2) is 5.69 Å². The molecule has 0 atom stereocenters. The number of hydrogen-bond donors (Lipinski definition) is 2. The van der Waals surface area contributed by atoms with Crippen molar-refractivity contribution in [1.82, 2.24) is 9.55 Å². The normalized spacial score (nSPS) is 11.4. The zero-order valence-corrected chi connectivity index (χ0v) is 15.1. The number of aromatic nitrogens is 2. The first kappa shape index (κ1) is 19.0. The second-order valence-corrected chi connectivity index (χ2v) is 7.59. The summed E-state index contributed by atoms with van der Waals surface area (Å²) in [6, 6.07) is 9.55. The minimum absolute atomic E-state index is 0.0144. The van der Waals surface area contributed by atoms with E-state index >= 15 is 0 Å². The number of unbranched alkanes of at least 4 members (excludes halogenated alkanes) is 2. The molecule has 0 amide bonds. The zero-order valence-electron chi connectivity index (χ0n) is 14.3. The lowest BCUT2D eigenvalue weighted by atomic mass is 10.1. The Balaban J connectivity index is 2.26. The van der Waals surface area contributed by atoms with Crippen LogP contribution in [0.5, 0.6) is 0 Å². The van der Waals surface area contributed by atoms with Crippen molar-refractivity contribution in [3.8, 4) is 17.3 Å². The van der Waals surface area contributed by atoms with Gasteiger partial charge in [0.1, 0.15) is 11.9 Å². The van der Waals surface area contributed by atoms with Crippen LogP contribution in [0.15, 0.2) is 24.3 Å². The van der Waals surface area contributed by atoms with E-state index < -0.39 is 10.0 Å². The van der Waals surface area contributed by atoms with Crippen LogP contribution in [-0.2, 0) is 23.0 Å². The molecule has 2 rings (SSSR count). The number of imidazole rings is 1. The molecule has 1 aromatic carbocycles. The van der Waals surface area contributed by atoms with Gasteiger partial charge in [-0.2, -0.15) is 5.26 Å². The largest absolute Gasteiger partial charge is 0.398 e. The van der Waals surface area contributed by atoms with Crippen LogP contribution in [0.4, 0.5) is 5.69 Å². The highest BCUT2D eigenvalue weighted by Crippen LogP contribution is 2.30. The van der Waals surface area contributed by atoms with Gasteiger partial charge >= 0.3 is 0 Å². The first-order valence-electron chi connectivity index (χ1n) is 8.22. The minimum atomic E-state index is -3.42. The van der Waals surface area contributed by atoms with Crippen molar-refractivity contribution in [3.63, 3.8) is 0 Å². The number of nitriles is 1. The first-order valence-corrected chi connectivity index (χ1v) is 9.93. The van der Waals surface area contributed by atoms with Crippen LogP contribution in [0.2, 0.25) is 0 Å². The molecule has 25 heavy (non-hydrogen) atoms. The molecule has 0 bridgehead atoms. The van der Waals surface area contributed by atoms with E-state index in [1.165, 1.54) is 0 Å². The summed E-state index contributed by atoms with van der Waals surface area (Å²) in [6.45, 7) is 2.63. The molecule has 0 fully saturated rings. The highest BCUT2D eigenvalue weighted by atomic mass is 32.2. The van der Waals surface area contributed by atoms with Gasteiger partial charge in [0.05, 0.1) is 11.4 Å². The van der Waals surface area contributed by atoms with Crippen molar-refractivity contribution in [2.75, 3.05) is 11.5 Å². The van der Waals surface area contributed by atoms with Crippen molar-refractivity contribution in [2.45, 2.75) is 39.2 Å². The second kappa shape index (κ2) is 8.14. The number of anilines is 1. The van der Waals surface area contributed by atoms with Gasteiger partial charge in [-0.25, -0.2) is 18.5 Å². The van der Waals surface area contributed by atoms with E-state index in [0.29, 0.717) is 30.8 Å². The lowest BCUT2D eigenvalue weighted by Crippen LogP contribution is -2.16. The predicted octanol–water partition coefficient (Wildman–Crippen LogP) is 2.03. The number of aryl methyl sites for hydroxylation is 1. The van der Waals surface area contributed by atoms with E-state index in [-0.39, 0.29) is 5.75 Å². The summed E-state index contributed by atoms with van der Waals surface area (Å²) in [5.41, 5.74) is 8.56. The van der Waals surface area contributed by atoms with Crippen molar-refractivity contribution in [3.05, 3.63) is 35.8 Å². The molecule has 8 heteroatoms. The summed E-state index contributed by atoms with van der Waals surface area (Å²) in [5.74, 6) is 0.806. The van der Waals surface area contributed by atoms with Gasteiger partial charge in [-0.3, -0.25) is 0 Å². The molecule has 0 aliphatic rings. The maximum Gasteiger partial charge on any atom is 0.209 e. The molecule has 0 saturated heterocycles. The van der Waals surface area contributed by atoms with E-state index in [1.54, 1.807) is 6.07 Å². The SMILES string of the molecule is CCc1nc(C#N)c(-c2ccccc2N)n1CCCCCS(N)(=O)=O. The zero-order chi connectivity index (χ0) is 18.4. The highest BCUT2D eigenvalue weighted by Gasteiger charge is 2.19. The maximum absolute atomic E-state index is 11.0. The van der Waals surface area contributed by atoms with Gasteiger partial charge in [0.25, 0.3) is 0 Å². The molecule has 2 aromatic rings. The molecule has 4 N–H and O–H groups in total. The number of benzene rings is 1. The van der Waals surface area contributed by atoms with E-state index in [4.69, 9.17) is 10.9 Å². The molecular formula is C17H23N5O2S. The number of nitrogens with zero attached hydrogens (tertiary/aromatic N) is 3. The van der Waals surface area contributed by atoms with Gasteiger partial charge in [-0.05, 0) is 18.9 Å². The summed E-state index contributed by atoms with van der Waals surface area (Å²) in [5, 5.41) is 14.5. The standard InChI is InChI=1S/C17H23N5O2S/c1-2-16-21-15(12-18)17(13-8-4-5-9-14(13)19)22(16)10-6-3-7-11-25(20,23)24/h4-5,8-9H,2-3,6-7,10-11,19H2,1H3,(H2,20,23,24). The molecule has 0 unspecified atom stereocenters. The lowest BCUT2D eigenvalue weighted by molar-refractivity contribution is 0.572. The number of nitrogens with two attached hydrogens (primary N) is 2. The molecular weight excluding hydrogens is 338 g/mol. The monoisotopic (exact) mass is 361 g/mol. The Morgan fingerprint density at radius 1 is 1.24 bits per heavy atom. The topological polar surface area (TPSA) is 128 Å². The van der Waals surface area contributed by atoms with Crippen LogP contribution in [0, 0.1) is 11.3 Å². The van der Waals surface area contributed by atoms with Crippen molar-refractivity contribution < 1.29 is 8.42 Å². The molecule has 0 spiro atoms. The van der Waals surface area contributed by atoms with Crippen LogP contribution < -0.4 is 10.9 Å². The fourth-order valence-corrected chi connectivity index (χ4v) is 3.43. The van der Waals surface area contributed by atoms with E-state index in [0.717, 1.165) is 29.9 Å². The van der Waals surface area contributed by atoms with Gasteiger partial charge in [-0.1, -0.05) is 31.5 Å².